The average molecular weight is 1390 g/mol. The highest BCUT2D eigenvalue weighted by Crippen LogP contribution is 2.57. The number of ether oxygens (including phenoxy) is 12. The minimum Gasteiger partial charge on any atom is -0.382 e. The summed E-state index contributed by atoms with van der Waals surface area (Å²) in [5.41, 5.74) is -5.76. The van der Waals surface area contributed by atoms with Gasteiger partial charge in [-0.1, -0.05) is 24.3 Å². The first-order chi connectivity index (χ1) is 43.6. The Morgan fingerprint density at radius 2 is 1.01 bits per heavy atom. The number of phosphoric acid groups is 3. The monoisotopic (exact) mass is 1390 g/mol. The van der Waals surface area contributed by atoms with Crippen LogP contribution in [0.4, 0.5) is 0 Å². The van der Waals surface area contributed by atoms with Gasteiger partial charge in [-0.15, -0.1) is 0 Å². The number of nitrogens with one attached hydrogen (secondary N) is 2. The van der Waals surface area contributed by atoms with Gasteiger partial charge in [0.2, 0.25) is 0 Å². The van der Waals surface area contributed by atoms with Crippen LogP contribution in [0.2, 0.25) is 0 Å². The first-order valence-electron chi connectivity index (χ1n) is 28.2. The summed E-state index contributed by atoms with van der Waals surface area (Å²) in [5.74, 6) is 0. The second-order valence-corrected chi connectivity index (χ2v) is 28.4. The van der Waals surface area contributed by atoms with Gasteiger partial charge in [0.15, 0.2) is 18.7 Å². The molecule has 8 bridgehead atoms. The van der Waals surface area contributed by atoms with E-state index in [-0.39, 0.29) is 69.6 Å². The summed E-state index contributed by atoms with van der Waals surface area (Å²) in [5, 5.41) is 3.84. The average Bonchev–Trinajstić information content (AvgIpc) is 1.59. The van der Waals surface area contributed by atoms with E-state index in [0.717, 1.165) is 38.4 Å². The highest BCUT2D eigenvalue weighted by molar-refractivity contribution is 7.50. The van der Waals surface area contributed by atoms with Gasteiger partial charge in [0, 0.05) is 99.4 Å². The quantitative estimate of drug-likeness (QED) is 0.0564. The number of phosphoric ester groups is 3. The van der Waals surface area contributed by atoms with Crippen LogP contribution in [0, 0.1) is 0 Å². The molecule has 1 aromatic carbocycles. The first kappa shape index (κ1) is 72.3. The maximum Gasteiger partial charge on any atom is 0.472 e. The summed E-state index contributed by atoms with van der Waals surface area (Å²) < 4.78 is 152. The molecule has 8 saturated heterocycles. The van der Waals surface area contributed by atoms with E-state index in [4.69, 9.17) is 70.4 Å². The molecule has 40 heteroatoms. The molecule has 8 aliphatic rings. The van der Waals surface area contributed by atoms with E-state index in [1.807, 2.05) is 19.1 Å². The number of pyridine rings is 2. The number of hydrogen-bond acceptors (Lipinski definition) is 27. The Hall–Kier alpha value is -3.98. The molecule has 3 aromatic heterocycles. The molecule has 8 fully saturated rings. The van der Waals surface area contributed by atoms with Crippen LogP contribution in [0.25, 0.3) is 10.8 Å². The number of methoxy groups -OCH3 is 4. The van der Waals surface area contributed by atoms with Gasteiger partial charge in [0.25, 0.3) is 16.7 Å². The third-order valence-electron chi connectivity index (χ3n) is 16.4. The topological polar surface area (TPSA) is 435 Å². The highest BCUT2D eigenvalue weighted by atomic mass is 31.2. The summed E-state index contributed by atoms with van der Waals surface area (Å²) in [6.45, 7) is 3.20. The number of rotatable bonds is 23. The molecule has 0 amide bonds. The van der Waals surface area contributed by atoms with Gasteiger partial charge in [-0.25, -0.2) is 28.1 Å². The van der Waals surface area contributed by atoms with Crippen LogP contribution < -0.4 is 27.5 Å². The zero-order valence-corrected chi connectivity index (χ0v) is 54.7. The predicted octanol–water partition coefficient (Wildman–Crippen LogP) is 1.01. The summed E-state index contributed by atoms with van der Waals surface area (Å²) in [6.07, 6.45) is -2.86. The Morgan fingerprint density at radius 3 is 1.55 bits per heavy atom. The molecule has 514 valence electrons. The van der Waals surface area contributed by atoms with Crippen molar-refractivity contribution in [1.82, 2.24) is 23.8 Å². The maximum absolute atomic E-state index is 12.9. The molecule has 6 N–H and O–H groups in total. The van der Waals surface area contributed by atoms with Crippen LogP contribution in [0.5, 0.6) is 0 Å². The molecule has 0 radical (unpaired) electrons. The molecule has 20 atom stereocenters. The van der Waals surface area contributed by atoms with Gasteiger partial charge in [-0.3, -0.25) is 60.2 Å². The number of hydrogen-bond donors (Lipinski definition) is 6. The van der Waals surface area contributed by atoms with Crippen LogP contribution in [-0.4, -0.2) is 225 Å². The third kappa shape index (κ3) is 14.8. The Balaban J connectivity index is 0.000000146. The number of benzene rings is 1. The van der Waals surface area contributed by atoms with E-state index in [2.05, 4.69) is 28.2 Å². The summed E-state index contributed by atoms with van der Waals surface area (Å²) >= 11 is 0. The van der Waals surface area contributed by atoms with Crippen LogP contribution in [-0.2, 0) is 107 Å². The van der Waals surface area contributed by atoms with Crippen molar-refractivity contribution < 1.29 is 126 Å². The van der Waals surface area contributed by atoms with Gasteiger partial charge in [-0.2, -0.15) is 0 Å². The minimum atomic E-state index is -4.30. The van der Waals surface area contributed by atoms with Crippen molar-refractivity contribution in [3.05, 3.63) is 115 Å². The summed E-state index contributed by atoms with van der Waals surface area (Å²) in [4.78, 5) is 88.9. The van der Waals surface area contributed by atoms with Crippen molar-refractivity contribution in [1.29, 1.82) is 0 Å². The molecule has 0 saturated carbocycles. The lowest BCUT2D eigenvalue weighted by Gasteiger charge is -2.38. The fraction of sp³-hybridized carbons (Fsp3) is 0.654. The number of nitrogens with zero attached hydrogens (tertiary/aromatic N) is 3. The Kier molecular flexibility index (Phi) is 22.8. The van der Waals surface area contributed by atoms with E-state index in [1.165, 1.54) is 48.8 Å². The molecule has 0 aliphatic carbocycles. The second kappa shape index (κ2) is 29.0. The van der Waals surface area contributed by atoms with Crippen LogP contribution in [0.3, 0.4) is 0 Å². The van der Waals surface area contributed by atoms with Crippen molar-refractivity contribution in [2.45, 2.75) is 109 Å². The molecule has 0 spiro atoms. The zero-order valence-electron chi connectivity index (χ0n) is 51.2. The van der Waals surface area contributed by atoms with Gasteiger partial charge in [0.1, 0.15) is 65.1 Å². The van der Waals surface area contributed by atoms with Crippen molar-refractivity contribution in [3.63, 3.8) is 0 Å². The second-order valence-electron chi connectivity index (χ2n) is 22.2. The number of aromatic nitrogens is 4. The summed E-state index contributed by atoms with van der Waals surface area (Å²) in [7, 11) is -6.38. The van der Waals surface area contributed by atoms with E-state index >= 15 is 0 Å². The van der Waals surface area contributed by atoms with Gasteiger partial charge in [-0.05, 0) is 30.5 Å². The standard InChI is InChI=1S/C17H20NO8P.C13H18NO8P.C12H18N3O8P.C10H19O7P/c1-22-9-17-10-24-13(14(17)26-27(20,21)23-2)16(25-17)18-8-7-11-5-3-4-6-12(11)15(18)19;1-18-7-13-8-20-10(11(13)22-23(16,17)19-2)12(21-13)14-6-4-3-5-9(14)15;1-20-5-12-6-22-8(9(12)14-24(18,19)21-2)10(23-12)15-4-3-7(16)13-11(15)17;1-7-8-9(17-18(11,12)14-3)10(16-7,6-13-2)4-5-15-8/h3-8,13-14,16H,9-10H2,1-2H3,(H,20,21);3-6,10-12H,7-8H2,1-2H3,(H,16,17);3-4,8-10H,5-6H2,1-2H3,(H,13,16,17)(H2,14,18,19);7-9H,4-6H2,1-3H3,(H,11,12)/t13?,14-,16?,17+;10?,11-,12?,13+;8?,9-,10?,12+;7?,8?,9-,10-/m1111/s1. The fourth-order valence-electron chi connectivity index (χ4n) is 12.3. The van der Waals surface area contributed by atoms with Crippen molar-refractivity contribution in [3.8, 4) is 0 Å². The van der Waals surface area contributed by atoms with Crippen molar-refractivity contribution in [2.75, 3.05) is 110 Å². The Morgan fingerprint density at radius 1 is 0.533 bits per heavy atom. The molecule has 4 aromatic rings. The molecule has 11 heterocycles. The van der Waals surface area contributed by atoms with E-state index in [0.29, 0.717) is 18.4 Å². The lowest BCUT2D eigenvalue weighted by Crippen LogP contribution is -2.52. The Labute approximate surface area is 524 Å². The lowest BCUT2D eigenvalue weighted by atomic mass is 9.90. The SMILES string of the molecule is COC[C@@]12CCOC(C(C)O1)[C@H]2OP(=O)(O)OC.COC[C@@]12COC(C(n3ccc(=O)[nH]c3=O)O1)[C@H]2NP(=O)(O)OC.COC[C@@]12COC(C(n3ccc4ccccc4c3=O)O1)[C@H]2OP(=O)(O)OC.COC[C@@]12COC(C(n3ccccc3=O)O1)[C@H]2OP(=O)(O)OC. The number of H-pyrrole nitrogens is 1. The fourth-order valence-corrected chi connectivity index (χ4v) is 15.2. The van der Waals surface area contributed by atoms with E-state index in [1.54, 1.807) is 49.8 Å². The molecule has 12 rings (SSSR count). The molecule has 92 heavy (non-hydrogen) atoms. The van der Waals surface area contributed by atoms with Gasteiger partial charge >= 0.3 is 36.9 Å². The molecule has 8 aliphatic heterocycles. The van der Waals surface area contributed by atoms with Crippen LogP contribution in [0.15, 0.2) is 92.4 Å². The molecular formula is C52H75N5O31P4. The largest absolute Gasteiger partial charge is 0.472 e. The normalized spacial score (nSPS) is 35.6. The van der Waals surface area contributed by atoms with Crippen LogP contribution in [0.1, 0.15) is 32.0 Å². The van der Waals surface area contributed by atoms with Crippen molar-refractivity contribution in [2.24, 2.45) is 0 Å². The van der Waals surface area contributed by atoms with Crippen molar-refractivity contribution >= 4 is 42.0 Å². The van der Waals surface area contributed by atoms with E-state index in [9.17, 15) is 57.0 Å². The van der Waals surface area contributed by atoms with E-state index < -0.39 is 126 Å². The lowest BCUT2D eigenvalue weighted by molar-refractivity contribution is -0.190. The zero-order chi connectivity index (χ0) is 66.8. The maximum atomic E-state index is 12.9. The Bertz CT molecular complexity index is 3670. The molecular weight excluding hydrogens is 1310 g/mol. The molecule has 12 unspecified atom stereocenters. The third-order valence-corrected chi connectivity index (χ3v) is 20.4. The van der Waals surface area contributed by atoms with Gasteiger partial charge in [0.05, 0.1) is 65.0 Å². The van der Waals surface area contributed by atoms with Gasteiger partial charge < -0.3 is 80.9 Å². The minimum absolute atomic E-state index is 0.0662. The number of aromatic amines is 1. The molecule has 36 nitrogen and oxygen atoms in total. The highest BCUT2D eigenvalue weighted by Gasteiger charge is 2.67. The van der Waals surface area contributed by atoms with Crippen LogP contribution >= 0.6 is 31.2 Å². The smallest absolute Gasteiger partial charge is 0.382 e. The predicted molar refractivity (Wildman–Crippen MR) is 312 cm³/mol. The number of fused-ring (bicyclic) bond motifs is 9. The summed E-state index contributed by atoms with van der Waals surface area (Å²) in [6, 6.07) is 14.1. The first-order valence-corrected chi connectivity index (χ1v) is 34.2.